The number of halogens is 1. The highest BCUT2D eigenvalue weighted by atomic mass is 35.5. The van der Waals surface area contributed by atoms with Crippen molar-refractivity contribution >= 4 is 24.3 Å². The Labute approximate surface area is 107 Å². The van der Waals surface area contributed by atoms with Crippen LogP contribution in [0, 0.1) is 6.92 Å². The van der Waals surface area contributed by atoms with Gasteiger partial charge in [0.2, 0.25) is 0 Å². The predicted molar refractivity (Wildman–Crippen MR) is 73.9 cm³/mol. The van der Waals surface area contributed by atoms with Crippen molar-refractivity contribution in [2.75, 3.05) is 5.43 Å². The van der Waals surface area contributed by atoms with E-state index in [1.165, 1.54) is 5.56 Å². The van der Waals surface area contributed by atoms with Crippen molar-refractivity contribution in [2.24, 2.45) is 5.10 Å². The number of aryl methyl sites for hydroxylation is 1. The zero-order chi connectivity index (χ0) is 11.2. The van der Waals surface area contributed by atoms with Crippen molar-refractivity contribution < 1.29 is 0 Å². The SMILES string of the molecule is Cc1ccccc1NN=Cc1ccccn1.Cl. The molecule has 1 aromatic heterocycles. The molecule has 3 nitrogen and oxygen atoms in total. The number of hydrazone groups is 1. The Bertz CT molecular complexity index is 483. The van der Waals surface area contributed by atoms with Crippen LogP contribution in [0.4, 0.5) is 5.69 Å². The first-order chi connectivity index (χ1) is 7.86. The zero-order valence-corrected chi connectivity index (χ0v) is 10.3. The molecule has 0 spiro atoms. The third-order valence-electron chi connectivity index (χ3n) is 2.21. The van der Waals surface area contributed by atoms with Crippen LogP contribution in [0.1, 0.15) is 11.3 Å². The third kappa shape index (κ3) is 3.89. The quantitative estimate of drug-likeness (QED) is 0.668. The van der Waals surface area contributed by atoms with Crippen molar-refractivity contribution in [3.05, 3.63) is 59.9 Å². The molecule has 0 aliphatic carbocycles. The molecule has 88 valence electrons. The van der Waals surface area contributed by atoms with Crippen LogP contribution in [0.5, 0.6) is 0 Å². The molecule has 2 aromatic rings. The van der Waals surface area contributed by atoms with Crippen LogP contribution in [0.2, 0.25) is 0 Å². The van der Waals surface area contributed by atoms with Crippen LogP contribution in [-0.2, 0) is 0 Å². The Kier molecular flexibility index (Phi) is 5.17. The molecule has 1 aromatic carbocycles. The van der Waals surface area contributed by atoms with Gasteiger partial charge in [-0.15, -0.1) is 12.4 Å². The van der Waals surface area contributed by atoms with E-state index in [-0.39, 0.29) is 12.4 Å². The molecular weight excluding hydrogens is 234 g/mol. The molecule has 0 bridgehead atoms. The highest BCUT2D eigenvalue weighted by molar-refractivity contribution is 5.85. The first kappa shape index (κ1) is 13.2. The number of pyridine rings is 1. The number of rotatable bonds is 3. The summed E-state index contributed by atoms with van der Waals surface area (Å²) in [6.45, 7) is 2.04. The number of hydrogen-bond donors (Lipinski definition) is 1. The molecule has 1 N–H and O–H groups in total. The molecule has 0 unspecified atom stereocenters. The topological polar surface area (TPSA) is 37.3 Å². The molecule has 0 aliphatic heterocycles. The summed E-state index contributed by atoms with van der Waals surface area (Å²) in [5, 5.41) is 4.14. The molecule has 0 aliphatic rings. The van der Waals surface area contributed by atoms with Crippen LogP contribution in [0.25, 0.3) is 0 Å². The van der Waals surface area contributed by atoms with E-state index in [0.29, 0.717) is 0 Å². The average Bonchev–Trinajstić information content (AvgIpc) is 2.33. The van der Waals surface area contributed by atoms with E-state index >= 15 is 0 Å². The van der Waals surface area contributed by atoms with Gasteiger partial charge < -0.3 is 0 Å². The summed E-state index contributed by atoms with van der Waals surface area (Å²) >= 11 is 0. The van der Waals surface area contributed by atoms with Gasteiger partial charge in [0, 0.05) is 6.20 Å². The lowest BCUT2D eigenvalue weighted by Crippen LogP contribution is -1.93. The predicted octanol–water partition coefficient (Wildman–Crippen LogP) is 3.26. The third-order valence-corrected chi connectivity index (χ3v) is 2.21. The fourth-order valence-electron chi connectivity index (χ4n) is 1.32. The van der Waals surface area contributed by atoms with Gasteiger partial charge in [-0.3, -0.25) is 10.4 Å². The summed E-state index contributed by atoms with van der Waals surface area (Å²) in [5.41, 5.74) is 6.00. The van der Waals surface area contributed by atoms with Gasteiger partial charge in [-0.25, -0.2) is 0 Å². The summed E-state index contributed by atoms with van der Waals surface area (Å²) in [4.78, 5) is 4.14. The van der Waals surface area contributed by atoms with Crippen molar-refractivity contribution in [3.63, 3.8) is 0 Å². The summed E-state index contributed by atoms with van der Waals surface area (Å²) in [5.74, 6) is 0. The molecular formula is C13H14ClN3. The second kappa shape index (κ2) is 6.66. The Morgan fingerprint density at radius 3 is 2.59 bits per heavy atom. The number of anilines is 1. The van der Waals surface area contributed by atoms with E-state index in [4.69, 9.17) is 0 Å². The summed E-state index contributed by atoms with van der Waals surface area (Å²) < 4.78 is 0. The number of aromatic nitrogens is 1. The maximum Gasteiger partial charge on any atom is 0.0830 e. The second-order valence-electron chi connectivity index (χ2n) is 3.44. The summed E-state index contributed by atoms with van der Waals surface area (Å²) in [7, 11) is 0. The smallest absolute Gasteiger partial charge is 0.0830 e. The fourth-order valence-corrected chi connectivity index (χ4v) is 1.32. The lowest BCUT2D eigenvalue weighted by atomic mass is 10.2. The van der Waals surface area contributed by atoms with E-state index < -0.39 is 0 Å². The highest BCUT2D eigenvalue weighted by Gasteiger charge is 1.92. The monoisotopic (exact) mass is 247 g/mol. The van der Waals surface area contributed by atoms with Gasteiger partial charge in [0.05, 0.1) is 17.6 Å². The molecule has 0 saturated carbocycles. The van der Waals surface area contributed by atoms with Gasteiger partial charge >= 0.3 is 0 Å². The summed E-state index contributed by atoms with van der Waals surface area (Å²) in [6.07, 6.45) is 3.45. The lowest BCUT2D eigenvalue weighted by molar-refractivity contribution is 1.27. The maximum atomic E-state index is 4.14. The van der Waals surface area contributed by atoms with Crippen LogP contribution in [0.15, 0.2) is 53.8 Å². The van der Waals surface area contributed by atoms with Crippen LogP contribution in [-0.4, -0.2) is 11.2 Å². The Balaban J connectivity index is 0.00000144. The Hall–Kier alpha value is -1.87. The largest absolute Gasteiger partial charge is 0.278 e. The molecule has 2 rings (SSSR count). The van der Waals surface area contributed by atoms with E-state index in [0.717, 1.165) is 11.4 Å². The number of nitrogens with one attached hydrogen (secondary N) is 1. The molecule has 0 amide bonds. The molecule has 1 heterocycles. The lowest BCUT2D eigenvalue weighted by Gasteiger charge is -2.02. The molecule has 0 fully saturated rings. The van der Waals surface area contributed by atoms with Crippen LogP contribution >= 0.6 is 12.4 Å². The Morgan fingerprint density at radius 2 is 1.88 bits per heavy atom. The maximum absolute atomic E-state index is 4.14. The van der Waals surface area contributed by atoms with Crippen molar-refractivity contribution in [1.82, 2.24) is 4.98 Å². The molecule has 0 atom stereocenters. The fraction of sp³-hybridized carbons (Fsp3) is 0.0769. The minimum absolute atomic E-state index is 0. The zero-order valence-electron chi connectivity index (χ0n) is 9.50. The molecule has 0 radical (unpaired) electrons. The van der Waals surface area contributed by atoms with E-state index in [2.05, 4.69) is 15.5 Å². The van der Waals surface area contributed by atoms with Crippen molar-refractivity contribution in [3.8, 4) is 0 Å². The van der Waals surface area contributed by atoms with Crippen LogP contribution in [0.3, 0.4) is 0 Å². The number of hydrogen-bond acceptors (Lipinski definition) is 3. The first-order valence-corrected chi connectivity index (χ1v) is 5.12. The second-order valence-corrected chi connectivity index (χ2v) is 3.44. The van der Waals surface area contributed by atoms with Gasteiger partial charge in [0.1, 0.15) is 0 Å². The number of para-hydroxylation sites is 1. The molecule has 0 saturated heterocycles. The van der Waals surface area contributed by atoms with Crippen molar-refractivity contribution in [1.29, 1.82) is 0 Å². The standard InChI is InChI=1S/C13H13N3.ClH/c1-11-6-2-3-8-13(11)16-15-10-12-7-4-5-9-14-12;/h2-10,16H,1H3;1H. The normalized spacial score (nSPS) is 9.94. The number of nitrogens with zero attached hydrogens (tertiary/aromatic N) is 2. The number of benzene rings is 1. The van der Waals surface area contributed by atoms with Gasteiger partial charge in [-0.2, -0.15) is 5.10 Å². The highest BCUT2D eigenvalue weighted by Crippen LogP contribution is 2.12. The van der Waals surface area contributed by atoms with Gasteiger partial charge in [0.25, 0.3) is 0 Å². The van der Waals surface area contributed by atoms with E-state index in [1.54, 1.807) is 12.4 Å². The minimum atomic E-state index is 0. The first-order valence-electron chi connectivity index (χ1n) is 5.12. The van der Waals surface area contributed by atoms with Crippen LogP contribution < -0.4 is 5.43 Å². The molecule has 17 heavy (non-hydrogen) atoms. The van der Waals surface area contributed by atoms with E-state index in [9.17, 15) is 0 Å². The summed E-state index contributed by atoms with van der Waals surface area (Å²) in [6, 6.07) is 13.7. The average molecular weight is 248 g/mol. The van der Waals surface area contributed by atoms with Gasteiger partial charge in [-0.1, -0.05) is 24.3 Å². The van der Waals surface area contributed by atoms with Crippen molar-refractivity contribution in [2.45, 2.75) is 6.92 Å². The minimum Gasteiger partial charge on any atom is -0.278 e. The Morgan fingerprint density at radius 1 is 1.12 bits per heavy atom. The van der Waals surface area contributed by atoms with Gasteiger partial charge in [0.15, 0.2) is 0 Å². The van der Waals surface area contributed by atoms with E-state index in [1.807, 2.05) is 49.4 Å². The van der Waals surface area contributed by atoms with Gasteiger partial charge in [-0.05, 0) is 30.7 Å². The molecule has 4 heteroatoms.